The molecule has 1 aromatic heterocycles. The number of hydrogen-bond acceptors (Lipinski definition) is 4. The zero-order chi connectivity index (χ0) is 15.9. The highest BCUT2D eigenvalue weighted by atomic mass is 16.5. The third-order valence-electron chi connectivity index (χ3n) is 3.05. The van der Waals surface area contributed by atoms with Crippen molar-refractivity contribution >= 4 is 17.6 Å². The fraction of sp³-hybridized carbons (Fsp3) is 0.294. The van der Waals surface area contributed by atoms with Gasteiger partial charge in [-0.25, -0.2) is 4.79 Å². The summed E-state index contributed by atoms with van der Waals surface area (Å²) in [5.41, 5.74) is 1.04. The predicted octanol–water partition coefficient (Wildman–Crippen LogP) is 3.73. The maximum absolute atomic E-state index is 11.8. The highest BCUT2D eigenvalue weighted by Crippen LogP contribution is 2.13. The molecule has 0 aliphatic heterocycles. The summed E-state index contributed by atoms with van der Waals surface area (Å²) in [5.74, 6) is 0.0333. The van der Waals surface area contributed by atoms with Crippen LogP contribution in [0.2, 0.25) is 0 Å². The van der Waals surface area contributed by atoms with Crippen LogP contribution in [0.4, 0.5) is 5.69 Å². The summed E-state index contributed by atoms with van der Waals surface area (Å²) in [4.78, 5) is 23.6. The number of anilines is 1. The van der Waals surface area contributed by atoms with Crippen LogP contribution < -0.4 is 5.32 Å². The fourth-order valence-corrected chi connectivity index (χ4v) is 1.76. The SMILES string of the molecule is CC(C)CCOC(=O)c1ccc(NC(=O)c2ccco2)cc1. The van der Waals surface area contributed by atoms with Gasteiger partial charge in [0.25, 0.3) is 5.91 Å². The van der Waals surface area contributed by atoms with Crippen LogP contribution >= 0.6 is 0 Å². The minimum Gasteiger partial charge on any atom is -0.462 e. The molecular formula is C17H19NO4. The number of furan rings is 1. The lowest BCUT2D eigenvalue weighted by Gasteiger charge is -2.07. The van der Waals surface area contributed by atoms with Crippen molar-refractivity contribution in [2.45, 2.75) is 20.3 Å². The highest BCUT2D eigenvalue weighted by Gasteiger charge is 2.10. The first-order valence-corrected chi connectivity index (χ1v) is 7.18. The lowest BCUT2D eigenvalue weighted by molar-refractivity contribution is 0.0488. The van der Waals surface area contributed by atoms with Gasteiger partial charge in [0, 0.05) is 5.69 Å². The Balaban J connectivity index is 1.90. The zero-order valence-electron chi connectivity index (χ0n) is 12.7. The van der Waals surface area contributed by atoms with Gasteiger partial charge in [-0.1, -0.05) is 13.8 Å². The van der Waals surface area contributed by atoms with E-state index >= 15 is 0 Å². The second-order valence-electron chi connectivity index (χ2n) is 5.33. The Kier molecular flexibility index (Phi) is 5.36. The van der Waals surface area contributed by atoms with Crippen LogP contribution in [0.25, 0.3) is 0 Å². The topological polar surface area (TPSA) is 68.5 Å². The first kappa shape index (κ1) is 15.8. The van der Waals surface area contributed by atoms with Crippen molar-refractivity contribution in [3.63, 3.8) is 0 Å². The summed E-state index contributed by atoms with van der Waals surface area (Å²) in [6.07, 6.45) is 2.27. The number of rotatable bonds is 6. The van der Waals surface area contributed by atoms with Crippen molar-refractivity contribution in [2.24, 2.45) is 5.92 Å². The maximum Gasteiger partial charge on any atom is 0.338 e. The third-order valence-corrected chi connectivity index (χ3v) is 3.05. The molecule has 0 fully saturated rings. The number of carbonyl (C=O) groups is 2. The van der Waals surface area contributed by atoms with Crippen LogP contribution in [0.5, 0.6) is 0 Å². The van der Waals surface area contributed by atoms with Gasteiger partial charge >= 0.3 is 5.97 Å². The van der Waals surface area contributed by atoms with Gasteiger partial charge in [0.15, 0.2) is 5.76 Å². The molecule has 0 saturated heterocycles. The normalized spacial score (nSPS) is 10.5. The lowest BCUT2D eigenvalue weighted by atomic mass is 10.1. The molecular weight excluding hydrogens is 282 g/mol. The van der Waals surface area contributed by atoms with Crippen molar-refractivity contribution in [2.75, 3.05) is 11.9 Å². The molecule has 0 bridgehead atoms. The molecule has 1 amide bonds. The van der Waals surface area contributed by atoms with Crippen LogP contribution in [0.15, 0.2) is 47.1 Å². The van der Waals surface area contributed by atoms with Gasteiger partial charge in [-0.2, -0.15) is 0 Å². The van der Waals surface area contributed by atoms with Crippen LogP contribution in [-0.4, -0.2) is 18.5 Å². The standard InChI is InChI=1S/C17H19NO4/c1-12(2)9-11-22-17(20)13-5-7-14(8-6-13)18-16(19)15-4-3-10-21-15/h3-8,10,12H,9,11H2,1-2H3,(H,18,19). The van der Waals surface area contributed by atoms with E-state index in [0.717, 1.165) is 6.42 Å². The van der Waals surface area contributed by atoms with Gasteiger partial charge in [0.1, 0.15) is 0 Å². The fourth-order valence-electron chi connectivity index (χ4n) is 1.76. The molecule has 5 heteroatoms. The predicted molar refractivity (Wildman–Crippen MR) is 82.8 cm³/mol. The molecule has 0 aliphatic rings. The van der Waals surface area contributed by atoms with Crippen molar-refractivity contribution in [3.8, 4) is 0 Å². The van der Waals surface area contributed by atoms with Crippen LogP contribution in [-0.2, 0) is 4.74 Å². The van der Waals surface area contributed by atoms with E-state index in [0.29, 0.717) is 23.8 Å². The van der Waals surface area contributed by atoms with E-state index in [1.165, 1.54) is 6.26 Å². The quantitative estimate of drug-likeness (QED) is 0.825. The first-order chi connectivity index (χ1) is 10.6. The molecule has 5 nitrogen and oxygen atoms in total. The zero-order valence-corrected chi connectivity index (χ0v) is 12.7. The second kappa shape index (κ2) is 7.45. The van der Waals surface area contributed by atoms with Crippen LogP contribution in [0.1, 0.15) is 41.2 Å². The first-order valence-electron chi connectivity index (χ1n) is 7.18. The number of amides is 1. The van der Waals surface area contributed by atoms with E-state index in [2.05, 4.69) is 19.2 Å². The Labute approximate surface area is 129 Å². The molecule has 2 aromatic rings. The Morgan fingerprint density at radius 1 is 1.18 bits per heavy atom. The molecule has 22 heavy (non-hydrogen) atoms. The molecule has 1 heterocycles. The number of carbonyl (C=O) groups excluding carboxylic acids is 2. The number of ether oxygens (including phenoxy) is 1. The monoisotopic (exact) mass is 301 g/mol. The van der Waals surface area contributed by atoms with E-state index in [-0.39, 0.29) is 17.6 Å². The van der Waals surface area contributed by atoms with Crippen molar-refractivity contribution < 1.29 is 18.7 Å². The largest absolute Gasteiger partial charge is 0.462 e. The van der Waals surface area contributed by atoms with Gasteiger partial charge in [0.2, 0.25) is 0 Å². The summed E-state index contributed by atoms with van der Waals surface area (Å²) in [6.45, 7) is 4.56. The Bertz CT molecular complexity index is 615. The van der Waals surface area contributed by atoms with Gasteiger partial charge in [-0.15, -0.1) is 0 Å². The van der Waals surface area contributed by atoms with E-state index < -0.39 is 0 Å². The van der Waals surface area contributed by atoms with E-state index in [1.54, 1.807) is 36.4 Å². The van der Waals surface area contributed by atoms with E-state index in [9.17, 15) is 9.59 Å². The lowest BCUT2D eigenvalue weighted by Crippen LogP contribution is -2.11. The minimum absolute atomic E-state index is 0.233. The smallest absolute Gasteiger partial charge is 0.338 e. The summed E-state index contributed by atoms with van der Waals surface area (Å²) >= 11 is 0. The Hall–Kier alpha value is -2.56. The summed E-state index contributed by atoms with van der Waals surface area (Å²) in [6, 6.07) is 9.77. The molecule has 0 unspecified atom stereocenters. The van der Waals surface area contributed by atoms with E-state index in [1.807, 2.05) is 0 Å². The summed E-state index contributed by atoms with van der Waals surface area (Å²) < 4.78 is 10.2. The minimum atomic E-state index is -0.357. The average molecular weight is 301 g/mol. The number of esters is 1. The number of hydrogen-bond donors (Lipinski definition) is 1. The molecule has 0 spiro atoms. The Morgan fingerprint density at radius 2 is 1.91 bits per heavy atom. The second-order valence-corrected chi connectivity index (χ2v) is 5.33. The third kappa shape index (κ3) is 4.48. The van der Waals surface area contributed by atoms with Gasteiger partial charge in [-0.05, 0) is 48.7 Å². The molecule has 2 rings (SSSR count). The van der Waals surface area contributed by atoms with Gasteiger partial charge < -0.3 is 14.5 Å². The molecule has 1 N–H and O–H groups in total. The number of nitrogens with one attached hydrogen (secondary N) is 1. The molecule has 0 aliphatic carbocycles. The summed E-state index contributed by atoms with van der Waals surface area (Å²) in [7, 11) is 0. The maximum atomic E-state index is 11.8. The molecule has 0 radical (unpaired) electrons. The van der Waals surface area contributed by atoms with E-state index in [4.69, 9.17) is 9.15 Å². The summed E-state index contributed by atoms with van der Waals surface area (Å²) in [5, 5.41) is 2.68. The van der Waals surface area contributed by atoms with Crippen LogP contribution in [0, 0.1) is 5.92 Å². The van der Waals surface area contributed by atoms with Gasteiger partial charge in [-0.3, -0.25) is 4.79 Å². The Morgan fingerprint density at radius 3 is 2.50 bits per heavy atom. The molecule has 116 valence electrons. The molecule has 0 saturated carbocycles. The average Bonchev–Trinajstić information content (AvgIpc) is 3.02. The number of benzene rings is 1. The van der Waals surface area contributed by atoms with Crippen LogP contribution in [0.3, 0.4) is 0 Å². The highest BCUT2D eigenvalue weighted by molar-refractivity contribution is 6.02. The molecule has 0 atom stereocenters. The molecule has 1 aromatic carbocycles. The van der Waals surface area contributed by atoms with Gasteiger partial charge in [0.05, 0.1) is 18.4 Å². The van der Waals surface area contributed by atoms with Crippen molar-refractivity contribution in [3.05, 3.63) is 54.0 Å². The van der Waals surface area contributed by atoms with Crippen molar-refractivity contribution in [1.82, 2.24) is 0 Å². The van der Waals surface area contributed by atoms with Crippen molar-refractivity contribution in [1.29, 1.82) is 0 Å².